The van der Waals surface area contributed by atoms with Crippen LogP contribution in [0.5, 0.6) is 0 Å². The maximum Gasteiger partial charge on any atom is 0.337 e. The normalized spacial score (nSPS) is 16.5. The minimum atomic E-state index is -3.96. The van der Waals surface area contributed by atoms with E-state index in [0.717, 1.165) is 11.0 Å². The molecule has 0 atom stereocenters. The Balaban J connectivity index is 1.71. The predicted octanol–water partition coefficient (Wildman–Crippen LogP) is 2.43. The maximum absolute atomic E-state index is 13.0. The lowest BCUT2D eigenvalue weighted by Crippen LogP contribution is -2.50. The SMILES string of the molecule is COC(=O)c1ccc(S(=O)(=O)N2CCN(S(=O)(=O)/C=C/c3ccccc3)CC2)c(Cl)c1. The number of hydrogen-bond acceptors (Lipinski definition) is 6. The summed E-state index contributed by atoms with van der Waals surface area (Å²) >= 11 is 6.11. The van der Waals surface area contributed by atoms with E-state index in [9.17, 15) is 21.6 Å². The summed E-state index contributed by atoms with van der Waals surface area (Å²) in [6.07, 6.45) is 1.50. The van der Waals surface area contributed by atoms with Crippen LogP contribution in [-0.2, 0) is 24.8 Å². The number of carbonyl (C=O) groups excluding carboxylic acids is 1. The van der Waals surface area contributed by atoms with Crippen molar-refractivity contribution in [3.8, 4) is 0 Å². The van der Waals surface area contributed by atoms with Gasteiger partial charge in [-0.15, -0.1) is 0 Å². The molecule has 1 aliphatic rings. The molecule has 1 saturated heterocycles. The number of piperazine rings is 1. The molecular formula is C20H21ClN2O6S2. The third kappa shape index (κ3) is 5.34. The highest BCUT2D eigenvalue weighted by Gasteiger charge is 2.33. The molecule has 0 N–H and O–H groups in total. The molecule has 0 radical (unpaired) electrons. The van der Waals surface area contributed by atoms with Gasteiger partial charge in [-0.25, -0.2) is 21.6 Å². The minimum Gasteiger partial charge on any atom is -0.465 e. The largest absolute Gasteiger partial charge is 0.465 e. The van der Waals surface area contributed by atoms with E-state index in [0.29, 0.717) is 0 Å². The van der Waals surface area contributed by atoms with E-state index >= 15 is 0 Å². The minimum absolute atomic E-state index is 0.0125. The number of rotatable bonds is 6. The van der Waals surface area contributed by atoms with Crippen LogP contribution in [0.15, 0.2) is 58.8 Å². The van der Waals surface area contributed by atoms with Crippen LogP contribution in [0.3, 0.4) is 0 Å². The van der Waals surface area contributed by atoms with Crippen LogP contribution in [0.4, 0.5) is 0 Å². The number of methoxy groups -OCH3 is 1. The fourth-order valence-electron chi connectivity index (χ4n) is 3.07. The summed E-state index contributed by atoms with van der Waals surface area (Å²) in [5, 5.41) is 1.01. The predicted molar refractivity (Wildman–Crippen MR) is 118 cm³/mol. The summed E-state index contributed by atoms with van der Waals surface area (Å²) in [7, 11) is -6.43. The molecule has 1 heterocycles. The van der Waals surface area contributed by atoms with Gasteiger partial charge in [0.1, 0.15) is 4.90 Å². The first-order valence-electron chi connectivity index (χ1n) is 9.26. The molecule has 0 saturated carbocycles. The molecule has 31 heavy (non-hydrogen) atoms. The van der Waals surface area contributed by atoms with Crippen LogP contribution in [0.25, 0.3) is 6.08 Å². The Kier molecular flexibility index (Phi) is 7.17. The highest BCUT2D eigenvalue weighted by molar-refractivity contribution is 7.92. The first-order valence-corrected chi connectivity index (χ1v) is 12.6. The van der Waals surface area contributed by atoms with Gasteiger partial charge < -0.3 is 4.74 Å². The van der Waals surface area contributed by atoms with Crippen molar-refractivity contribution in [1.29, 1.82) is 0 Å². The third-order valence-electron chi connectivity index (χ3n) is 4.76. The van der Waals surface area contributed by atoms with E-state index in [4.69, 9.17) is 11.6 Å². The Bertz CT molecular complexity index is 1190. The molecule has 166 valence electrons. The van der Waals surface area contributed by atoms with Crippen LogP contribution < -0.4 is 0 Å². The number of carbonyl (C=O) groups is 1. The number of hydrogen-bond donors (Lipinski definition) is 0. The third-order valence-corrected chi connectivity index (χ3v) is 8.71. The smallest absolute Gasteiger partial charge is 0.337 e. The molecule has 1 aliphatic heterocycles. The molecule has 8 nitrogen and oxygen atoms in total. The molecule has 0 aromatic heterocycles. The fraction of sp³-hybridized carbons (Fsp3) is 0.250. The summed E-state index contributed by atoms with van der Waals surface area (Å²) in [6, 6.07) is 12.8. The van der Waals surface area contributed by atoms with E-state index in [1.807, 2.05) is 6.07 Å². The monoisotopic (exact) mass is 484 g/mol. The lowest BCUT2D eigenvalue weighted by Gasteiger charge is -2.32. The number of esters is 1. The standard InChI is InChI=1S/C20H21ClN2O6S2/c1-29-20(24)17-7-8-19(18(21)15-17)31(27,28)23-12-10-22(11-13-23)30(25,26)14-9-16-5-3-2-4-6-16/h2-9,14-15H,10-13H2,1H3/b14-9+. The Morgan fingerprint density at radius 1 is 0.968 bits per heavy atom. The van der Waals surface area contributed by atoms with E-state index in [1.54, 1.807) is 24.3 Å². The number of ether oxygens (including phenoxy) is 1. The van der Waals surface area contributed by atoms with Crippen LogP contribution >= 0.6 is 11.6 Å². The van der Waals surface area contributed by atoms with Crippen molar-refractivity contribution in [2.75, 3.05) is 33.3 Å². The van der Waals surface area contributed by atoms with Crippen molar-refractivity contribution in [2.45, 2.75) is 4.90 Å². The summed E-state index contributed by atoms with van der Waals surface area (Å²) in [6.45, 7) is -0.0112. The van der Waals surface area contributed by atoms with Gasteiger partial charge in [-0.1, -0.05) is 41.9 Å². The van der Waals surface area contributed by atoms with Crippen molar-refractivity contribution in [2.24, 2.45) is 0 Å². The lowest BCUT2D eigenvalue weighted by atomic mass is 10.2. The van der Waals surface area contributed by atoms with Crippen molar-refractivity contribution >= 4 is 43.7 Å². The number of nitrogens with zero attached hydrogens (tertiary/aromatic N) is 2. The first-order chi connectivity index (χ1) is 14.6. The van der Waals surface area contributed by atoms with E-state index in [-0.39, 0.29) is 41.7 Å². The zero-order chi connectivity index (χ0) is 22.6. The van der Waals surface area contributed by atoms with E-state index in [2.05, 4.69) is 4.74 Å². The average Bonchev–Trinajstić information content (AvgIpc) is 2.77. The average molecular weight is 485 g/mol. The van der Waals surface area contributed by atoms with Gasteiger partial charge in [-0.05, 0) is 29.8 Å². The van der Waals surface area contributed by atoms with E-state index in [1.165, 1.54) is 40.0 Å². The second-order valence-electron chi connectivity index (χ2n) is 6.70. The number of sulfonamides is 2. The van der Waals surface area contributed by atoms with Crippen molar-refractivity contribution < 1.29 is 26.4 Å². The van der Waals surface area contributed by atoms with Crippen molar-refractivity contribution in [3.63, 3.8) is 0 Å². The van der Waals surface area contributed by atoms with Crippen molar-refractivity contribution in [1.82, 2.24) is 8.61 Å². The van der Waals surface area contributed by atoms with Gasteiger partial charge in [0.25, 0.3) is 0 Å². The van der Waals surface area contributed by atoms with Gasteiger partial charge in [-0.3, -0.25) is 0 Å². The molecule has 1 fully saturated rings. The highest BCUT2D eigenvalue weighted by Crippen LogP contribution is 2.27. The van der Waals surface area contributed by atoms with Crippen LogP contribution in [0.2, 0.25) is 5.02 Å². The Morgan fingerprint density at radius 2 is 1.58 bits per heavy atom. The molecular weight excluding hydrogens is 464 g/mol. The number of halogens is 1. The summed E-state index contributed by atoms with van der Waals surface area (Å²) < 4.78 is 58.1. The quantitative estimate of drug-likeness (QED) is 0.584. The number of benzene rings is 2. The Morgan fingerprint density at radius 3 is 2.16 bits per heavy atom. The zero-order valence-corrected chi connectivity index (χ0v) is 19.0. The molecule has 0 spiro atoms. The van der Waals surface area contributed by atoms with Crippen LogP contribution in [-0.4, -0.2) is 64.7 Å². The van der Waals surface area contributed by atoms with Crippen LogP contribution in [0, 0.1) is 0 Å². The zero-order valence-electron chi connectivity index (χ0n) is 16.6. The molecule has 0 unspecified atom stereocenters. The second-order valence-corrected chi connectivity index (χ2v) is 10.8. The van der Waals surface area contributed by atoms with Crippen molar-refractivity contribution in [3.05, 3.63) is 70.1 Å². The molecule has 0 amide bonds. The van der Waals surface area contributed by atoms with Gasteiger partial charge in [0.05, 0.1) is 17.7 Å². The lowest BCUT2D eigenvalue weighted by molar-refractivity contribution is 0.0600. The summed E-state index contributed by atoms with van der Waals surface area (Å²) in [5.41, 5.74) is 0.880. The maximum atomic E-state index is 13.0. The summed E-state index contributed by atoms with van der Waals surface area (Å²) in [5.74, 6) is -0.631. The fourth-order valence-corrected chi connectivity index (χ4v) is 6.19. The van der Waals surface area contributed by atoms with Gasteiger partial charge in [0.2, 0.25) is 20.0 Å². The van der Waals surface area contributed by atoms with Gasteiger partial charge in [-0.2, -0.15) is 8.61 Å². The molecule has 11 heteroatoms. The Labute approximate surface area is 186 Å². The van der Waals surface area contributed by atoms with Gasteiger partial charge in [0.15, 0.2) is 0 Å². The van der Waals surface area contributed by atoms with Crippen LogP contribution in [0.1, 0.15) is 15.9 Å². The Hall–Kier alpha value is -2.24. The molecule has 2 aromatic carbocycles. The molecule has 0 aliphatic carbocycles. The second kappa shape index (κ2) is 9.49. The first kappa shape index (κ1) is 23.4. The topological polar surface area (TPSA) is 101 Å². The summed E-state index contributed by atoms with van der Waals surface area (Å²) in [4.78, 5) is 11.4. The van der Waals surface area contributed by atoms with Gasteiger partial charge >= 0.3 is 5.97 Å². The molecule has 3 rings (SSSR count). The molecule has 0 bridgehead atoms. The molecule has 2 aromatic rings. The van der Waals surface area contributed by atoms with E-state index < -0.39 is 26.0 Å². The van der Waals surface area contributed by atoms with Gasteiger partial charge in [0, 0.05) is 31.6 Å². The highest BCUT2D eigenvalue weighted by atomic mass is 35.5.